The molecule has 1 saturated heterocycles. The van der Waals surface area contributed by atoms with Crippen LogP contribution in [0.2, 0.25) is 0 Å². The Morgan fingerprint density at radius 2 is 2.00 bits per heavy atom. The molecule has 1 aliphatic heterocycles. The van der Waals surface area contributed by atoms with Gasteiger partial charge in [-0.15, -0.1) is 5.06 Å². The first kappa shape index (κ1) is 9.48. The first-order valence-electron chi connectivity index (χ1n) is 4.26. The average Bonchev–Trinajstić information content (AvgIpc) is 2.06. The highest BCUT2D eigenvalue weighted by molar-refractivity contribution is 5.36. The molecule has 1 fully saturated rings. The Morgan fingerprint density at radius 3 is 2.42 bits per heavy atom. The topological polar surface area (TPSA) is 32.8 Å². The van der Waals surface area contributed by atoms with E-state index in [0.29, 0.717) is 12.5 Å². The number of nitrogens with zero attached hydrogens (tertiary/aromatic N) is 2. The predicted molar refractivity (Wildman–Crippen MR) is 45.4 cm³/mol. The molecule has 0 unspecified atom stereocenters. The number of hydrogen-bond donors (Lipinski definition) is 0. The highest BCUT2D eigenvalue weighted by Gasteiger charge is 2.20. The van der Waals surface area contributed by atoms with Crippen LogP contribution in [0.1, 0.15) is 12.8 Å². The van der Waals surface area contributed by atoms with Gasteiger partial charge >= 0.3 is 6.47 Å². The van der Waals surface area contributed by atoms with Crippen molar-refractivity contribution in [1.82, 2.24) is 9.96 Å². The Bertz CT molecular complexity index is 142. The maximum absolute atomic E-state index is 10.0. The van der Waals surface area contributed by atoms with Crippen molar-refractivity contribution in [2.24, 2.45) is 0 Å². The molecule has 0 radical (unpaired) electrons. The van der Waals surface area contributed by atoms with E-state index in [9.17, 15) is 4.79 Å². The van der Waals surface area contributed by atoms with Crippen molar-refractivity contribution < 1.29 is 9.63 Å². The molecule has 0 bridgehead atoms. The summed E-state index contributed by atoms with van der Waals surface area (Å²) < 4.78 is 0. The summed E-state index contributed by atoms with van der Waals surface area (Å²) in [4.78, 5) is 17.0. The number of rotatable bonds is 3. The molecule has 0 aromatic heterocycles. The van der Waals surface area contributed by atoms with Gasteiger partial charge in [0.05, 0.1) is 0 Å². The third-order valence-electron chi connectivity index (χ3n) is 2.35. The Hall–Kier alpha value is -0.610. The minimum Gasteiger partial charge on any atom is -0.371 e. The molecule has 70 valence electrons. The van der Waals surface area contributed by atoms with Gasteiger partial charge in [0.1, 0.15) is 0 Å². The van der Waals surface area contributed by atoms with Gasteiger partial charge in [0.2, 0.25) is 0 Å². The fourth-order valence-corrected chi connectivity index (χ4v) is 1.52. The molecule has 0 atom stereocenters. The van der Waals surface area contributed by atoms with E-state index in [-0.39, 0.29) is 0 Å². The lowest BCUT2D eigenvalue weighted by molar-refractivity contribution is -0.180. The van der Waals surface area contributed by atoms with E-state index in [1.54, 1.807) is 5.06 Å². The summed E-state index contributed by atoms with van der Waals surface area (Å²) in [6, 6.07) is 0.636. The van der Waals surface area contributed by atoms with Gasteiger partial charge in [0.15, 0.2) is 0 Å². The van der Waals surface area contributed by atoms with Crippen LogP contribution >= 0.6 is 0 Å². The lowest BCUT2D eigenvalue weighted by Gasteiger charge is -2.32. The van der Waals surface area contributed by atoms with Crippen molar-refractivity contribution in [1.29, 1.82) is 0 Å². The third-order valence-corrected chi connectivity index (χ3v) is 2.35. The first-order valence-corrected chi connectivity index (χ1v) is 4.26. The van der Waals surface area contributed by atoms with E-state index in [1.165, 1.54) is 0 Å². The van der Waals surface area contributed by atoms with Crippen molar-refractivity contribution in [3.8, 4) is 0 Å². The van der Waals surface area contributed by atoms with Gasteiger partial charge in [0.25, 0.3) is 0 Å². The van der Waals surface area contributed by atoms with Crippen LogP contribution in [0, 0.1) is 0 Å². The van der Waals surface area contributed by atoms with E-state index in [0.717, 1.165) is 25.9 Å². The van der Waals surface area contributed by atoms with Gasteiger partial charge in [-0.2, -0.15) is 0 Å². The zero-order valence-electron chi connectivity index (χ0n) is 7.69. The van der Waals surface area contributed by atoms with Gasteiger partial charge in [-0.3, -0.25) is 4.79 Å². The second-order valence-electron chi connectivity index (χ2n) is 3.33. The molecule has 1 heterocycles. The first-order chi connectivity index (χ1) is 5.74. The summed E-state index contributed by atoms with van der Waals surface area (Å²) in [5.41, 5.74) is 0. The van der Waals surface area contributed by atoms with Crippen LogP contribution in [0.3, 0.4) is 0 Å². The highest BCUT2D eigenvalue weighted by Crippen LogP contribution is 2.13. The Kier molecular flexibility index (Phi) is 3.49. The van der Waals surface area contributed by atoms with E-state index >= 15 is 0 Å². The van der Waals surface area contributed by atoms with Gasteiger partial charge in [0, 0.05) is 19.1 Å². The quantitative estimate of drug-likeness (QED) is 0.565. The van der Waals surface area contributed by atoms with Crippen molar-refractivity contribution in [3.05, 3.63) is 0 Å². The van der Waals surface area contributed by atoms with Crippen molar-refractivity contribution >= 4 is 6.47 Å². The minimum atomic E-state index is 0.496. The molecular formula is C8H16N2O2. The molecule has 0 amide bonds. The smallest absolute Gasteiger partial charge is 0.312 e. The van der Waals surface area contributed by atoms with Gasteiger partial charge in [-0.25, -0.2) is 0 Å². The Morgan fingerprint density at radius 1 is 1.42 bits per heavy atom. The second kappa shape index (κ2) is 4.42. The van der Waals surface area contributed by atoms with Crippen LogP contribution in [-0.4, -0.2) is 49.7 Å². The largest absolute Gasteiger partial charge is 0.371 e. The second-order valence-corrected chi connectivity index (χ2v) is 3.33. The zero-order valence-corrected chi connectivity index (χ0v) is 7.69. The number of hydrogen-bond acceptors (Lipinski definition) is 4. The maximum atomic E-state index is 10.0. The molecule has 4 nitrogen and oxygen atoms in total. The Labute approximate surface area is 73.0 Å². The summed E-state index contributed by atoms with van der Waals surface area (Å²) in [5.74, 6) is 0. The lowest BCUT2D eigenvalue weighted by Crippen LogP contribution is -2.41. The SMILES string of the molecule is CN(C)C1CCN(OC=O)CC1. The van der Waals surface area contributed by atoms with Gasteiger partial charge in [-0.05, 0) is 26.9 Å². The molecule has 1 aliphatic rings. The number of carbonyl (C=O) groups is 1. The molecule has 0 aliphatic carbocycles. The monoisotopic (exact) mass is 172 g/mol. The number of piperidine rings is 1. The fourth-order valence-electron chi connectivity index (χ4n) is 1.52. The van der Waals surface area contributed by atoms with E-state index in [1.807, 2.05) is 0 Å². The lowest BCUT2D eigenvalue weighted by atomic mass is 10.1. The standard InChI is InChI=1S/C8H16N2O2/c1-9(2)8-3-5-10(6-4-8)12-7-11/h7-8H,3-6H2,1-2H3. The van der Waals surface area contributed by atoms with Crippen molar-refractivity contribution in [3.63, 3.8) is 0 Å². The van der Waals surface area contributed by atoms with Crippen LogP contribution in [0.15, 0.2) is 0 Å². The zero-order chi connectivity index (χ0) is 8.97. The van der Waals surface area contributed by atoms with E-state index in [4.69, 9.17) is 4.84 Å². The number of hydroxylamine groups is 2. The van der Waals surface area contributed by atoms with Gasteiger partial charge in [-0.1, -0.05) is 0 Å². The summed E-state index contributed by atoms with van der Waals surface area (Å²) in [6.45, 7) is 2.19. The molecule has 12 heavy (non-hydrogen) atoms. The predicted octanol–water partition coefficient (Wildman–Crippen LogP) is 0.100. The van der Waals surface area contributed by atoms with Crippen LogP contribution in [0.5, 0.6) is 0 Å². The average molecular weight is 172 g/mol. The molecule has 1 rings (SSSR count). The molecule has 0 aromatic carbocycles. The fraction of sp³-hybridized carbons (Fsp3) is 0.875. The summed E-state index contributed by atoms with van der Waals surface area (Å²) in [6.07, 6.45) is 2.14. The normalized spacial score (nSPS) is 21.2. The highest BCUT2D eigenvalue weighted by atomic mass is 16.7. The van der Waals surface area contributed by atoms with Crippen LogP contribution in [0.4, 0.5) is 0 Å². The minimum absolute atomic E-state index is 0.496. The van der Waals surface area contributed by atoms with E-state index in [2.05, 4.69) is 19.0 Å². The third kappa shape index (κ3) is 2.46. The van der Waals surface area contributed by atoms with Crippen LogP contribution < -0.4 is 0 Å². The van der Waals surface area contributed by atoms with Crippen molar-refractivity contribution in [2.75, 3.05) is 27.2 Å². The maximum Gasteiger partial charge on any atom is 0.312 e. The van der Waals surface area contributed by atoms with Crippen LogP contribution in [0.25, 0.3) is 0 Å². The van der Waals surface area contributed by atoms with Crippen molar-refractivity contribution in [2.45, 2.75) is 18.9 Å². The number of carbonyl (C=O) groups excluding carboxylic acids is 1. The molecule has 0 N–H and O–H groups in total. The Balaban J connectivity index is 2.24. The molecular weight excluding hydrogens is 156 g/mol. The molecule has 4 heteroatoms. The summed E-state index contributed by atoms with van der Waals surface area (Å²) >= 11 is 0. The molecule has 0 aromatic rings. The summed E-state index contributed by atoms with van der Waals surface area (Å²) in [5, 5.41) is 1.72. The summed E-state index contributed by atoms with van der Waals surface area (Å²) in [7, 11) is 4.17. The van der Waals surface area contributed by atoms with E-state index < -0.39 is 0 Å². The molecule has 0 spiro atoms. The molecule has 0 saturated carbocycles. The van der Waals surface area contributed by atoms with Crippen LogP contribution in [-0.2, 0) is 9.63 Å². The van der Waals surface area contributed by atoms with Gasteiger partial charge < -0.3 is 9.74 Å².